The molecule has 2 fully saturated rings. The lowest BCUT2D eigenvalue weighted by molar-refractivity contribution is 0.325. The Morgan fingerprint density at radius 2 is 1.86 bits per heavy atom. The van der Waals surface area contributed by atoms with E-state index in [0.29, 0.717) is 0 Å². The molecule has 110 valence electrons. The predicted octanol–water partition coefficient (Wildman–Crippen LogP) is 4.14. The standard InChI is InChI=1S/C17H20BrN3/c18-11-17-20-19-16(21(17)15-4-2-1-3-5-15)10-14-9-12-6-7-13(14)8-12/h1-5,12-14H,6-11H2. The van der Waals surface area contributed by atoms with E-state index in [0.717, 1.165) is 41.2 Å². The van der Waals surface area contributed by atoms with Gasteiger partial charge in [-0.2, -0.15) is 0 Å². The minimum absolute atomic E-state index is 0.742. The Bertz CT molecular complexity index is 622. The zero-order chi connectivity index (χ0) is 14.2. The number of para-hydroxylation sites is 1. The molecule has 4 heteroatoms. The lowest BCUT2D eigenvalue weighted by Gasteiger charge is -2.21. The van der Waals surface area contributed by atoms with Gasteiger partial charge in [0.2, 0.25) is 0 Å². The maximum absolute atomic E-state index is 4.49. The number of fused-ring (bicyclic) bond motifs is 2. The van der Waals surface area contributed by atoms with Crippen LogP contribution < -0.4 is 0 Å². The van der Waals surface area contributed by atoms with Crippen LogP contribution in [0.3, 0.4) is 0 Å². The summed E-state index contributed by atoms with van der Waals surface area (Å²) in [6.45, 7) is 0. The Labute approximate surface area is 133 Å². The van der Waals surface area contributed by atoms with Crippen molar-refractivity contribution in [3.8, 4) is 5.69 Å². The Morgan fingerprint density at radius 3 is 2.52 bits per heavy atom. The van der Waals surface area contributed by atoms with Crippen molar-refractivity contribution in [2.24, 2.45) is 17.8 Å². The number of alkyl halides is 1. The van der Waals surface area contributed by atoms with E-state index in [1.54, 1.807) is 0 Å². The molecule has 0 amide bonds. The van der Waals surface area contributed by atoms with Crippen LogP contribution in [-0.4, -0.2) is 14.8 Å². The molecule has 4 rings (SSSR count). The van der Waals surface area contributed by atoms with Gasteiger partial charge in [-0.25, -0.2) is 0 Å². The minimum Gasteiger partial charge on any atom is -0.282 e. The van der Waals surface area contributed by atoms with Crippen LogP contribution in [-0.2, 0) is 11.8 Å². The van der Waals surface area contributed by atoms with Gasteiger partial charge in [0.25, 0.3) is 0 Å². The zero-order valence-electron chi connectivity index (χ0n) is 12.1. The summed E-state index contributed by atoms with van der Waals surface area (Å²) in [5.74, 6) is 4.87. The highest BCUT2D eigenvalue weighted by molar-refractivity contribution is 9.08. The number of nitrogens with zero attached hydrogens (tertiary/aromatic N) is 3. The average Bonchev–Trinajstić information content (AvgIpc) is 3.23. The first-order chi connectivity index (χ1) is 10.3. The maximum atomic E-state index is 4.49. The SMILES string of the molecule is BrCc1nnc(CC2CC3CCC2C3)n1-c1ccccc1. The number of aromatic nitrogens is 3. The molecule has 2 aliphatic rings. The summed E-state index contributed by atoms with van der Waals surface area (Å²) in [6.07, 6.45) is 6.82. The predicted molar refractivity (Wildman–Crippen MR) is 86.6 cm³/mol. The molecule has 3 atom stereocenters. The molecule has 0 saturated heterocycles. The summed E-state index contributed by atoms with van der Waals surface area (Å²) in [5.41, 5.74) is 1.18. The number of rotatable bonds is 4. The van der Waals surface area contributed by atoms with Crippen molar-refractivity contribution in [2.75, 3.05) is 0 Å². The lowest BCUT2D eigenvalue weighted by atomic mass is 9.86. The molecule has 0 radical (unpaired) electrons. The largest absolute Gasteiger partial charge is 0.282 e. The van der Waals surface area contributed by atoms with Gasteiger partial charge in [0.15, 0.2) is 0 Å². The van der Waals surface area contributed by atoms with E-state index in [4.69, 9.17) is 0 Å². The van der Waals surface area contributed by atoms with E-state index >= 15 is 0 Å². The maximum Gasteiger partial charge on any atom is 0.148 e. The van der Waals surface area contributed by atoms with Crippen molar-refractivity contribution >= 4 is 15.9 Å². The Morgan fingerprint density at radius 1 is 1.05 bits per heavy atom. The summed E-state index contributed by atoms with van der Waals surface area (Å²) in [6, 6.07) is 10.5. The highest BCUT2D eigenvalue weighted by Gasteiger charge is 2.40. The van der Waals surface area contributed by atoms with Crippen LogP contribution in [0, 0.1) is 17.8 Å². The second-order valence-corrected chi connectivity index (χ2v) is 7.04. The van der Waals surface area contributed by atoms with Crippen LogP contribution >= 0.6 is 15.9 Å². The summed E-state index contributed by atoms with van der Waals surface area (Å²) in [4.78, 5) is 0. The molecule has 0 spiro atoms. The monoisotopic (exact) mass is 345 g/mol. The van der Waals surface area contributed by atoms with Crippen molar-refractivity contribution < 1.29 is 0 Å². The van der Waals surface area contributed by atoms with Gasteiger partial charge in [-0.15, -0.1) is 10.2 Å². The third-order valence-corrected chi connectivity index (χ3v) is 5.76. The molecule has 3 unspecified atom stereocenters. The first-order valence-corrected chi connectivity index (χ1v) is 9.02. The minimum atomic E-state index is 0.742. The van der Waals surface area contributed by atoms with Gasteiger partial charge in [-0.1, -0.05) is 40.5 Å². The van der Waals surface area contributed by atoms with Crippen LogP contribution in [0.25, 0.3) is 5.69 Å². The van der Waals surface area contributed by atoms with Crippen LogP contribution in [0.5, 0.6) is 0 Å². The smallest absolute Gasteiger partial charge is 0.148 e. The molecule has 2 bridgehead atoms. The molecule has 3 nitrogen and oxygen atoms in total. The molecule has 0 aliphatic heterocycles. The van der Waals surface area contributed by atoms with Crippen molar-refractivity contribution in [1.82, 2.24) is 14.8 Å². The summed E-state index contributed by atoms with van der Waals surface area (Å²) >= 11 is 3.54. The fraction of sp³-hybridized carbons (Fsp3) is 0.529. The molecular formula is C17H20BrN3. The molecule has 2 aliphatic carbocycles. The third kappa shape index (κ3) is 2.44. The van der Waals surface area contributed by atoms with Gasteiger partial charge < -0.3 is 0 Å². The molecule has 21 heavy (non-hydrogen) atoms. The molecular weight excluding hydrogens is 326 g/mol. The lowest BCUT2D eigenvalue weighted by Crippen LogP contribution is -2.16. The molecule has 2 saturated carbocycles. The summed E-state index contributed by atoms with van der Waals surface area (Å²) in [7, 11) is 0. The normalized spacial score (nSPS) is 27.4. The van der Waals surface area contributed by atoms with Crippen molar-refractivity contribution in [1.29, 1.82) is 0 Å². The van der Waals surface area contributed by atoms with Crippen LogP contribution in [0.1, 0.15) is 37.3 Å². The highest BCUT2D eigenvalue weighted by atomic mass is 79.9. The number of halogens is 1. The van der Waals surface area contributed by atoms with E-state index in [1.165, 1.54) is 31.4 Å². The highest BCUT2D eigenvalue weighted by Crippen LogP contribution is 2.49. The van der Waals surface area contributed by atoms with E-state index in [-0.39, 0.29) is 0 Å². The second-order valence-electron chi connectivity index (χ2n) is 6.48. The number of hydrogen-bond donors (Lipinski definition) is 0. The van der Waals surface area contributed by atoms with Crippen LogP contribution in [0.15, 0.2) is 30.3 Å². The fourth-order valence-electron chi connectivity index (χ4n) is 4.31. The number of benzene rings is 1. The Kier molecular flexibility index (Phi) is 3.57. The first kappa shape index (κ1) is 13.5. The molecule has 0 N–H and O–H groups in total. The topological polar surface area (TPSA) is 30.7 Å². The number of hydrogen-bond acceptors (Lipinski definition) is 2. The fourth-order valence-corrected chi connectivity index (χ4v) is 4.67. The van der Waals surface area contributed by atoms with Crippen LogP contribution in [0.4, 0.5) is 0 Å². The van der Waals surface area contributed by atoms with Gasteiger partial charge in [0.1, 0.15) is 11.6 Å². The van der Waals surface area contributed by atoms with Crippen molar-refractivity contribution in [2.45, 2.75) is 37.4 Å². The van der Waals surface area contributed by atoms with Gasteiger partial charge in [-0.05, 0) is 49.1 Å². The molecule has 1 aromatic carbocycles. The first-order valence-electron chi connectivity index (χ1n) is 7.89. The van der Waals surface area contributed by atoms with Crippen molar-refractivity contribution in [3.63, 3.8) is 0 Å². The Balaban J connectivity index is 1.65. The third-order valence-electron chi connectivity index (χ3n) is 5.26. The van der Waals surface area contributed by atoms with Crippen LogP contribution in [0.2, 0.25) is 0 Å². The quantitative estimate of drug-likeness (QED) is 0.779. The molecule has 1 aromatic heterocycles. The van der Waals surface area contributed by atoms with E-state index in [2.05, 4.69) is 61.0 Å². The van der Waals surface area contributed by atoms with Crippen molar-refractivity contribution in [3.05, 3.63) is 42.0 Å². The average molecular weight is 346 g/mol. The molecule has 1 heterocycles. The van der Waals surface area contributed by atoms with E-state index in [9.17, 15) is 0 Å². The summed E-state index contributed by atoms with van der Waals surface area (Å²) in [5, 5.41) is 9.62. The Hall–Kier alpha value is -1.16. The van der Waals surface area contributed by atoms with E-state index < -0.39 is 0 Å². The summed E-state index contributed by atoms with van der Waals surface area (Å²) < 4.78 is 2.24. The van der Waals surface area contributed by atoms with Gasteiger partial charge in [0.05, 0.1) is 5.33 Å². The molecule has 2 aromatic rings. The zero-order valence-corrected chi connectivity index (χ0v) is 13.7. The van der Waals surface area contributed by atoms with Gasteiger partial charge in [-0.3, -0.25) is 4.57 Å². The van der Waals surface area contributed by atoms with E-state index in [1.807, 2.05) is 0 Å². The van der Waals surface area contributed by atoms with Gasteiger partial charge >= 0.3 is 0 Å². The second kappa shape index (κ2) is 5.56. The van der Waals surface area contributed by atoms with Gasteiger partial charge in [0, 0.05) is 12.1 Å².